The van der Waals surface area contributed by atoms with E-state index in [1.165, 1.54) is 12.3 Å². The number of hydrogen-bond acceptors (Lipinski definition) is 6. The van der Waals surface area contributed by atoms with E-state index < -0.39 is 23.7 Å². The van der Waals surface area contributed by atoms with Crippen LogP contribution in [0.4, 0.5) is 4.79 Å². The second kappa shape index (κ2) is 4.46. The van der Waals surface area contributed by atoms with Gasteiger partial charge in [0.1, 0.15) is 5.76 Å². The Balaban J connectivity index is 2.21. The lowest BCUT2D eigenvalue weighted by Crippen LogP contribution is -2.40. The van der Waals surface area contributed by atoms with Gasteiger partial charge in [-0.1, -0.05) is 0 Å². The van der Waals surface area contributed by atoms with E-state index in [2.05, 4.69) is 0 Å². The fraction of sp³-hybridized carbons (Fsp3) is 0.100. The summed E-state index contributed by atoms with van der Waals surface area (Å²) in [7, 11) is 0. The molecule has 1 aromatic rings. The predicted molar refractivity (Wildman–Crippen MR) is 56.4 cm³/mol. The highest BCUT2D eigenvalue weighted by Gasteiger charge is 2.35. The molecule has 2 rings (SSSR count). The zero-order chi connectivity index (χ0) is 12.4. The molecule has 1 aliphatic rings. The number of carbonyl (C=O) groups excluding carboxylic acids is 3. The number of amides is 2. The monoisotopic (exact) mass is 252 g/mol. The zero-order valence-electron chi connectivity index (χ0n) is 8.41. The number of thioether (sulfide) groups is 1. The number of carboxylic acid groups (broad SMARTS) is 1. The summed E-state index contributed by atoms with van der Waals surface area (Å²) >= 11 is 0.669. The molecule has 0 radical (unpaired) electrons. The third-order valence-electron chi connectivity index (χ3n) is 1.98. The number of imide groups is 1. The van der Waals surface area contributed by atoms with Gasteiger partial charge in [-0.25, -0.2) is 0 Å². The van der Waals surface area contributed by atoms with Crippen LogP contribution in [0, 0.1) is 0 Å². The lowest BCUT2D eigenvalue weighted by Gasteiger charge is -2.11. The van der Waals surface area contributed by atoms with Gasteiger partial charge in [-0.05, 0) is 23.9 Å². The SMILES string of the molecule is O=C([O-])CN1C(=O)SC(=Cc2ccco2)C1=O. The van der Waals surface area contributed by atoms with Gasteiger partial charge in [0.2, 0.25) is 0 Å². The molecular weight excluding hydrogens is 246 g/mol. The van der Waals surface area contributed by atoms with E-state index in [9.17, 15) is 19.5 Å². The number of hydrogen-bond donors (Lipinski definition) is 0. The Morgan fingerprint density at radius 2 is 2.29 bits per heavy atom. The average molecular weight is 252 g/mol. The number of nitrogens with zero attached hydrogens (tertiary/aromatic N) is 1. The van der Waals surface area contributed by atoms with Gasteiger partial charge < -0.3 is 14.3 Å². The molecule has 0 aromatic carbocycles. The molecule has 0 saturated carbocycles. The summed E-state index contributed by atoms with van der Waals surface area (Å²) in [5, 5.41) is 9.74. The van der Waals surface area contributed by atoms with Gasteiger partial charge in [-0.2, -0.15) is 0 Å². The fourth-order valence-corrected chi connectivity index (χ4v) is 2.09. The van der Waals surface area contributed by atoms with Crippen molar-refractivity contribution in [2.75, 3.05) is 6.54 Å². The zero-order valence-corrected chi connectivity index (χ0v) is 9.23. The van der Waals surface area contributed by atoms with E-state index in [1.807, 2.05) is 0 Å². The van der Waals surface area contributed by atoms with E-state index in [-0.39, 0.29) is 4.91 Å². The molecule has 6 nitrogen and oxygen atoms in total. The van der Waals surface area contributed by atoms with E-state index in [1.54, 1.807) is 12.1 Å². The normalized spacial score (nSPS) is 18.1. The molecular formula is C10H6NO5S-. The second-order valence-electron chi connectivity index (χ2n) is 3.16. The molecule has 0 unspecified atom stereocenters. The van der Waals surface area contributed by atoms with Crippen molar-refractivity contribution in [3.63, 3.8) is 0 Å². The Morgan fingerprint density at radius 3 is 2.88 bits per heavy atom. The van der Waals surface area contributed by atoms with Crippen LogP contribution >= 0.6 is 11.8 Å². The van der Waals surface area contributed by atoms with Crippen LogP contribution in [0.1, 0.15) is 5.76 Å². The summed E-state index contributed by atoms with van der Waals surface area (Å²) in [4.78, 5) is 34.1. The molecule has 0 atom stereocenters. The van der Waals surface area contributed by atoms with Crippen molar-refractivity contribution in [3.8, 4) is 0 Å². The Hall–Kier alpha value is -2.02. The molecule has 0 N–H and O–H groups in total. The Bertz CT molecular complexity index is 505. The molecule has 88 valence electrons. The highest BCUT2D eigenvalue weighted by molar-refractivity contribution is 8.18. The summed E-state index contributed by atoms with van der Waals surface area (Å²) in [5.41, 5.74) is 0. The first kappa shape index (κ1) is 11.5. The average Bonchev–Trinajstić information content (AvgIpc) is 2.83. The summed E-state index contributed by atoms with van der Waals surface area (Å²) in [5.74, 6) is -1.71. The maximum atomic E-state index is 11.7. The molecule has 0 bridgehead atoms. The number of carbonyl (C=O) groups is 3. The van der Waals surface area contributed by atoms with Crippen molar-refractivity contribution in [3.05, 3.63) is 29.1 Å². The van der Waals surface area contributed by atoms with E-state index in [0.29, 0.717) is 22.4 Å². The molecule has 2 heterocycles. The number of rotatable bonds is 3. The van der Waals surface area contributed by atoms with E-state index in [4.69, 9.17) is 4.42 Å². The predicted octanol–water partition coefficient (Wildman–Crippen LogP) is 0.0658. The van der Waals surface area contributed by atoms with Gasteiger partial charge in [-0.15, -0.1) is 0 Å². The van der Waals surface area contributed by atoms with Crippen LogP contribution in [-0.4, -0.2) is 28.6 Å². The van der Waals surface area contributed by atoms with Crippen LogP contribution in [0.3, 0.4) is 0 Å². The summed E-state index contributed by atoms with van der Waals surface area (Å²) in [6.45, 7) is -0.736. The van der Waals surface area contributed by atoms with E-state index in [0.717, 1.165) is 0 Å². The van der Waals surface area contributed by atoms with Gasteiger partial charge in [0.25, 0.3) is 11.1 Å². The number of aliphatic carboxylic acids is 1. The lowest BCUT2D eigenvalue weighted by molar-refractivity contribution is -0.305. The maximum absolute atomic E-state index is 11.7. The van der Waals surface area contributed by atoms with Gasteiger partial charge in [0, 0.05) is 6.08 Å². The maximum Gasteiger partial charge on any atom is 0.293 e. The van der Waals surface area contributed by atoms with Crippen LogP contribution in [0.25, 0.3) is 6.08 Å². The van der Waals surface area contributed by atoms with Crippen LogP contribution in [-0.2, 0) is 9.59 Å². The largest absolute Gasteiger partial charge is 0.548 e. The highest BCUT2D eigenvalue weighted by Crippen LogP contribution is 2.31. The number of carboxylic acids is 1. The molecule has 0 aliphatic carbocycles. The standard InChI is InChI=1S/C10H7NO5S/c12-8(13)5-11-9(14)7(17-10(11)15)4-6-2-1-3-16-6/h1-4H,5H2,(H,12,13)/p-1. The van der Waals surface area contributed by atoms with Crippen molar-refractivity contribution >= 4 is 35.0 Å². The quantitative estimate of drug-likeness (QED) is 0.707. The minimum absolute atomic E-state index is 0.131. The third-order valence-corrected chi connectivity index (χ3v) is 2.88. The first-order valence-electron chi connectivity index (χ1n) is 4.56. The third kappa shape index (κ3) is 2.39. The van der Waals surface area contributed by atoms with Crippen LogP contribution in [0.5, 0.6) is 0 Å². The van der Waals surface area contributed by atoms with Crippen molar-refractivity contribution in [2.24, 2.45) is 0 Å². The van der Waals surface area contributed by atoms with Crippen molar-refractivity contribution < 1.29 is 23.9 Å². The van der Waals surface area contributed by atoms with Crippen molar-refractivity contribution in [2.45, 2.75) is 0 Å². The van der Waals surface area contributed by atoms with E-state index >= 15 is 0 Å². The molecule has 1 aliphatic heterocycles. The van der Waals surface area contributed by atoms with Crippen LogP contribution in [0.2, 0.25) is 0 Å². The summed E-state index contributed by atoms with van der Waals surface area (Å²) in [6, 6.07) is 3.25. The lowest BCUT2D eigenvalue weighted by atomic mass is 10.3. The Morgan fingerprint density at radius 1 is 1.53 bits per heavy atom. The smallest absolute Gasteiger partial charge is 0.293 e. The molecule has 1 aromatic heterocycles. The number of furan rings is 1. The molecule has 1 fully saturated rings. The minimum atomic E-state index is -1.48. The first-order chi connectivity index (χ1) is 8.08. The molecule has 1 saturated heterocycles. The van der Waals surface area contributed by atoms with Crippen LogP contribution < -0.4 is 5.11 Å². The molecule has 0 spiro atoms. The van der Waals surface area contributed by atoms with Gasteiger partial charge in [0.05, 0.1) is 23.7 Å². The molecule has 2 amide bonds. The summed E-state index contributed by atoms with van der Waals surface area (Å²) < 4.78 is 4.99. The van der Waals surface area contributed by atoms with Crippen molar-refractivity contribution in [1.29, 1.82) is 0 Å². The van der Waals surface area contributed by atoms with Gasteiger partial charge >= 0.3 is 0 Å². The topological polar surface area (TPSA) is 90.7 Å². The van der Waals surface area contributed by atoms with Gasteiger partial charge in [0.15, 0.2) is 0 Å². The molecule has 7 heteroatoms. The second-order valence-corrected chi connectivity index (χ2v) is 4.15. The van der Waals surface area contributed by atoms with Crippen molar-refractivity contribution in [1.82, 2.24) is 4.90 Å². The Labute approximate surface area is 99.9 Å². The Kier molecular flexibility index (Phi) is 3.01. The van der Waals surface area contributed by atoms with Gasteiger partial charge in [-0.3, -0.25) is 14.5 Å². The summed E-state index contributed by atoms with van der Waals surface area (Å²) in [6.07, 6.45) is 2.82. The highest BCUT2D eigenvalue weighted by atomic mass is 32.2. The van der Waals surface area contributed by atoms with Crippen LogP contribution in [0.15, 0.2) is 27.7 Å². The fourth-order valence-electron chi connectivity index (χ4n) is 1.27. The minimum Gasteiger partial charge on any atom is -0.548 e. The molecule has 17 heavy (non-hydrogen) atoms. The first-order valence-corrected chi connectivity index (χ1v) is 5.38.